The Bertz CT molecular complexity index is 325. The number of carbonyl (C=O) groups is 3. The van der Waals surface area contributed by atoms with Crippen molar-refractivity contribution in [1.82, 2.24) is 9.62 Å². The molecule has 0 heterocycles. The van der Waals surface area contributed by atoms with Crippen LogP contribution in [-0.2, 0) is 14.4 Å². The monoisotopic (exact) mass is 279 g/mol. The fourth-order valence-electron chi connectivity index (χ4n) is 1.06. The number of nitrogens with one attached hydrogen (secondary N) is 1. The number of hydrogen-bond donors (Lipinski definition) is 4. The van der Waals surface area contributed by atoms with Gasteiger partial charge in [0.25, 0.3) is 0 Å². The van der Waals surface area contributed by atoms with E-state index in [2.05, 4.69) is 4.72 Å². The Morgan fingerprint density at radius 1 is 1.44 bits per heavy atom. The van der Waals surface area contributed by atoms with Crippen molar-refractivity contribution in [3.8, 4) is 0 Å². The van der Waals surface area contributed by atoms with E-state index in [4.69, 9.17) is 15.9 Å². The number of carboxylic acid groups (broad SMARTS) is 1. The number of aliphatic carboxylic acids is 1. The standard InChI is InChI=1S/C9H17N3O5S/c1-5(14)11-18-4-7(9(16)17)12(2)8(15)6(10)3-13/h6-7,13H,3-4,10H2,1-2H3,(H,11,14)(H,16,17)/t6-,7-/m0/s1. The van der Waals surface area contributed by atoms with Crippen molar-refractivity contribution in [3.63, 3.8) is 0 Å². The molecular formula is C9H17N3O5S. The molecule has 0 bridgehead atoms. The molecule has 0 spiro atoms. The van der Waals surface area contributed by atoms with Crippen molar-refractivity contribution in [2.45, 2.75) is 19.0 Å². The fraction of sp³-hybridized carbons (Fsp3) is 0.667. The number of likely N-dealkylation sites (N-methyl/N-ethyl adjacent to an activating group) is 1. The lowest BCUT2D eigenvalue weighted by atomic mass is 10.2. The first kappa shape index (κ1) is 16.7. The highest BCUT2D eigenvalue weighted by Gasteiger charge is 2.29. The van der Waals surface area contributed by atoms with Crippen molar-refractivity contribution in [3.05, 3.63) is 0 Å². The second kappa shape index (κ2) is 7.90. The van der Waals surface area contributed by atoms with Crippen LogP contribution in [0.5, 0.6) is 0 Å². The summed E-state index contributed by atoms with van der Waals surface area (Å²) in [6, 6.07) is -2.28. The molecule has 0 saturated carbocycles. The molecule has 0 radical (unpaired) electrons. The average molecular weight is 279 g/mol. The second-order valence-corrected chi connectivity index (χ2v) is 4.39. The largest absolute Gasteiger partial charge is 0.480 e. The summed E-state index contributed by atoms with van der Waals surface area (Å²) < 4.78 is 2.36. The second-order valence-electron chi connectivity index (χ2n) is 3.56. The third-order valence-corrected chi connectivity index (χ3v) is 2.99. The van der Waals surface area contributed by atoms with Gasteiger partial charge in [-0.1, -0.05) is 0 Å². The van der Waals surface area contributed by atoms with Gasteiger partial charge in [-0.2, -0.15) is 0 Å². The minimum absolute atomic E-state index is 0.0185. The van der Waals surface area contributed by atoms with Crippen LogP contribution in [0.4, 0.5) is 0 Å². The molecule has 18 heavy (non-hydrogen) atoms. The van der Waals surface area contributed by atoms with Crippen LogP contribution in [0.15, 0.2) is 0 Å². The van der Waals surface area contributed by atoms with Crippen molar-refractivity contribution < 1.29 is 24.6 Å². The molecule has 0 aliphatic carbocycles. The summed E-state index contributed by atoms with van der Waals surface area (Å²) in [7, 11) is 1.28. The van der Waals surface area contributed by atoms with Gasteiger partial charge in [0, 0.05) is 19.7 Å². The summed E-state index contributed by atoms with van der Waals surface area (Å²) in [6.07, 6.45) is 0. The van der Waals surface area contributed by atoms with Crippen LogP contribution in [0.2, 0.25) is 0 Å². The molecule has 0 fully saturated rings. The van der Waals surface area contributed by atoms with E-state index in [1.807, 2.05) is 0 Å². The lowest BCUT2D eigenvalue weighted by molar-refractivity contribution is -0.148. The Morgan fingerprint density at radius 2 is 2.00 bits per heavy atom. The van der Waals surface area contributed by atoms with Crippen LogP contribution >= 0.6 is 11.9 Å². The van der Waals surface area contributed by atoms with Gasteiger partial charge in [-0.15, -0.1) is 0 Å². The van der Waals surface area contributed by atoms with Gasteiger partial charge in [0.05, 0.1) is 6.61 Å². The van der Waals surface area contributed by atoms with Crippen LogP contribution in [0, 0.1) is 0 Å². The van der Waals surface area contributed by atoms with Gasteiger partial charge >= 0.3 is 5.97 Å². The van der Waals surface area contributed by atoms with E-state index in [1.54, 1.807) is 0 Å². The lowest BCUT2D eigenvalue weighted by Crippen LogP contribution is -2.51. The van der Waals surface area contributed by atoms with E-state index in [-0.39, 0.29) is 11.7 Å². The Hall–Kier alpha value is -1.32. The number of aliphatic hydroxyl groups is 1. The SMILES string of the molecule is CC(=O)NSC[C@@H](C(=O)O)N(C)C(=O)[C@@H](N)CO. The topological polar surface area (TPSA) is 133 Å². The number of aliphatic hydroxyl groups excluding tert-OH is 1. The highest BCUT2D eigenvalue weighted by molar-refractivity contribution is 7.98. The summed E-state index contributed by atoms with van der Waals surface area (Å²) in [4.78, 5) is 34.2. The Kier molecular flexibility index (Phi) is 7.32. The van der Waals surface area contributed by atoms with Gasteiger partial charge in [0.15, 0.2) is 0 Å². The van der Waals surface area contributed by atoms with Crippen molar-refractivity contribution in [2.24, 2.45) is 5.73 Å². The number of nitrogens with zero attached hydrogens (tertiary/aromatic N) is 1. The first-order valence-electron chi connectivity index (χ1n) is 5.05. The first-order valence-corrected chi connectivity index (χ1v) is 6.04. The van der Waals surface area contributed by atoms with Gasteiger partial charge in [-0.3, -0.25) is 9.59 Å². The molecule has 104 valence electrons. The number of rotatable bonds is 7. The van der Waals surface area contributed by atoms with Crippen LogP contribution in [0.1, 0.15) is 6.92 Å². The summed E-state index contributed by atoms with van der Waals surface area (Å²) in [5.74, 6) is -2.22. The molecule has 0 unspecified atom stereocenters. The maximum Gasteiger partial charge on any atom is 0.327 e. The fourth-order valence-corrected chi connectivity index (χ4v) is 1.87. The smallest absolute Gasteiger partial charge is 0.327 e. The van der Waals surface area contributed by atoms with E-state index in [0.717, 1.165) is 16.8 Å². The minimum atomic E-state index is -1.21. The summed E-state index contributed by atoms with van der Waals surface area (Å²) >= 11 is 0.885. The zero-order valence-corrected chi connectivity index (χ0v) is 10.9. The third kappa shape index (κ3) is 5.34. The molecule has 0 aromatic carbocycles. The molecule has 0 saturated heterocycles. The quantitative estimate of drug-likeness (QED) is 0.396. The van der Waals surface area contributed by atoms with Crippen molar-refractivity contribution >= 4 is 29.7 Å². The predicted molar refractivity (Wildman–Crippen MR) is 65.5 cm³/mol. The van der Waals surface area contributed by atoms with Crippen LogP contribution in [0.25, 0.3) is 0 Å². The Labute approximate surface area is 109 Å². The predicted octanol–water partition coefficient (Wildman–Crippen LogP) is -2.00. The van der Waals surface area contributed by atoms with Crippen molar-refractivity contribution in [2.75, 3.05) is 19.4 Å². The van der Waals surface area contributed by atoms with E-state index >= 15 is 0 Å². The molecule has 0 aliphatic heterocycles. The number of carbonyl (C=O) groups excluding carboxylic acids is 2. The van der Waals surface area contributed by atoms with Gasteiger partial charge in [0.1, 0.15) is 12.1 Å². The number of carboxylic acids is 1. The van der Waals surface area contributed by atoms with Gasteiger partial charge < -0.3 is 25.6 Å². The molecule has 0 aliphatic rings. The molecule has 2 atom stereocenters. The highest BCUT2D eigenvalue weighted by Crippen LogP contribution is 2.06. The Balaban J connectivity index is 4.54. The highest BCUT2D eigenvalue weighted by atomic mass is 32.2. The van der Waals surface area contributed by atoms with Gasteiger partial charge in [-0.05, 0) is 11.9 Å². The van der Waals surface area contributed by atoms with E-state index in [9.17, 15) is 14.4 Å². The first-order chi connectivity index (χ1) is 8.31. The maximum absolute atomic E-state index is 11.6. The molecule has 8 nitrogen and oxygen atoms in total. The molecule has 5 N–H and O–H groups in total. The van der Waals surface area contributed by atoms with E-state index in [0.29, 0.717) is 0 Å². The number of hydrogen-bond acceptors (Lipinski definition) is 6. The summed E-state index contributed by atoms with van der Waals surface area (Å²) in [6.45, 7) is 0.730. The Morgan fingerprint density at radius 3 is 2.39 bits per heavy atom. The number of amides is 2. The summed E-state index contributed by atoms with van der Waals surface area (Å²) in [5.41, 5.74) is 5.32. The van der Waals surface area contributed by atoms with Gasteiger partial charge in [0.2, 0.25) is 11.8 Å². The van der Waals surface area contributed by atoms with Crippen LogP contribution in [0.3, 0.4) is 0 Å². The van der Waals surface area contributed by atoms with E-state index in [1.165, 1.54) is 14.0 Å². The van der Waals surface area contributed by atoms with Gasteiger partial charge in [-0.25, -0.2) is 4.79 Å². The maximum atomic E-state index is 11.6. The summed E-state index contributed by atoms with van der Waals surface area (Å²) in [5, 5.41) is 17.7. The zero-order valence-electron chi connectivity index (χ0n) is 10.1. The molecule has 0 aromatic rings. The number of nitrogens with two attached hydrogens (primary N) is 1. The lowest BCUT2D eigenvalue weighted by Gasteiger charge is -2.26. The van der Waals surface area contributed by atoms with E-state index < -0.39 is 30.6 Å². The average Bonchev–Trinajstić information content (AvgIpc) is 2.31. The molecule has 0 aromatic heterocycles. The molecular weight excluding hydrogens is 262 g/mol. The van der Waals surface area contributed by atoms with Crippen LogP contribution in [-0.4, -0.2) is 64.4 Å². The molecule has 0 rings (SSSR count). The third-order valence-electron chi connectivity index (χ3n) is 2.07. The molecule has 9 heteroatoms. The van der Waals surface area contributed by atoms with Crippen LogP contribution < -0.4 is 10.5 Å². The minimum Gasteiger partial charge on any atom is -0.480 e. The molecule has 2 amide bonds. The normalized spacial score (nSPS) is 13.6. The van der Waals surface area contributed by atoms with Crippen molar-refractivity contribution in [1.29, 1.82) is 0 Å². The zero-order chi connectivity index (χ0) is 14.3.